The van der Waals surface area contributed by atoms with Gasteiger partial charge in [0.05, 0.1) is 5.69 Å². The molecule has 1 unspecified atom stereocenters. The van der Waals surface area contributed by atoms with Crippen LogP contribution in [0.25, 0.3) is 0 Å². The Morgan fingerprint density at radius 2 is 2.53 bits per heavy atom. The number of thiazole rings is 1. The lowest BCUT2D eigenvalue weighted by Crippen LogP contribution is -2.34. The minimum atomic E-state index is 0.708. The van der Waals surface area contributed by atoms with E-state index in [4.69, 9.17) is 0 Å². The maximum absolute atomic E-state index is 4.41. The molecule has 1 atom stereocenters. The molecule has 0 bridgehead atoms. The smallest absolute Gasteiger partial charge is 0.182 e. The van der Waals surface area contributed by atoms with Crippen LogP contribution in [-0.4, -0.2) is 35.6 Å². The fourth-order valence-electron chi connectivity index (χ4n) is 2.18. The highest BCUT2D eigenvalue weighted by Gasteiger charge is 2.22. The van der Waals surface area contributed by atoms with Gasteiger partial charge in [-0.2, -0.15) is 0 Å². The molecule has 1 aliphatic heterocycles. The first-order valence-corrected chi connectivity index (χ1v) is 6.57. The Hall–Kier alpha value is -0.610. The van der Waals surface area contributed by atoms with Crippen molar-refractivity contribution in [3.8, 4) is 0 Å². The van der Waals surface area contributed by atoms with Crippen molar-refractivity contribution in [3.63, 3.8) is 0 Å². The number of hydrogen-bond acceptors (Lipinski definition) is 4. The van der Waals surface area contributed by atoms with E-state index in [9.17, 15) is 0 Å². The summed E-state index contributed by atoms with van der Waals surface area (Å²) in [6.45, 7) is 7.76. The van der Waals surface area contributed by atoms with E-state index in [2.05, 4.69) is 27.5 Å². The van der Waals surface area contributed by atoms with Crippen molar-refractivity contribution < 1.29 is 0 Å². The number of aromatic nitrogens is 1. The zero-order valence-electron chi connectivity index (χ0n) is 9.49. The molecule has 1 aromatic rings. The average molecular weight is 225 g/mol. The van der Waals surface area contributed by atoms with E-state index < -0.39 is 0 Å². The van der Waals surface area contributed by atoms with Gasteiger partial charge in [0.2, 0.25) is 0 Å². The molecule has 2 heterocycles. The molecule has 84 valence electrons. The second-order valence-electron chi connectivity index (χ2n) is 4.10. The van der Waals surface area contributed by atoms with E-state index in [0.717, 1.165) is 17.4 Å². The first-order valence-electron chi connectivity index (χ1n) is 5.69. The Balaban J connectivity index is 1.82. The second kappa shape index (κ2) is 4.94. The fraction of sp³-hybridized carbons (Fsp3) is 0.727. The SMILES string of the molecule is CCN1CCCC1CNc1nc(C)cs1. The molecule has 3 nitrogen and oxygen atoms in total. The van der Waals surface area contributed by atoms with Crippen LogP contribution >= 0.6 is 11.3 Å². The van der Waals surface area contributed by atoms with E-state index >= 15 is 0 Å². The Morgan fingerprint density at radius 1 is 1.67 bits per heavy atom. The highest BCUT2D eigenvalue weighted by atomic mass is 32.1. The Morgan fingerprint density at radius 3 is 3.20 bits per heavy atom. The number of rotatable bonds is 4. The van der Waals surface area contributed by atoms with Crippen LogP contribution in [-0.2, 0) is 0 Å². The van der Waals surface area contributed by atoms with Gasteiger partial charge in [0.1, 0.15) is 0 Å². The molecule has 0 aliphatic carbocycles. The quantitative estimate of drug-likeness (QED) is 0.852. The van der Waals surface area contributed by atoms with Crippen LogP contribution in [0.1, 0.15) is 25.5 Å². The predicted molar refractivity (Wildman–Crippen MR) is 65.6 cm³/mol. The Labute approximate surface area is 95.5 Å². The molecular formula is C11H19N3S. The van der Waals surface area contributed by atoms with Gasteiger partial charge in [-0.05, 0) is 32.9 Å². The van der Waals surface area contributed by atoms with Crippen LogP contribution in [0.3, 0.4) is 0 Å². The topological polar surface area (TPSA) is 28.2 Å². The first kappa shape index (κ1) is 10.9. The maximum atomic E-state index is 4.41. The molecule has 0 amide bonds. The van der Waals surface area contributed by atoms with Crippen LogP contribution in [0.5, 0.6) is 0 Å². The number of nitrogens with zero attached hydrogens (tertiary/aromatic N) is 2. The van der Waals surface area contributed by atoms with Gasteiger partial charge in [0, 0.05) is 18.0 Å². The third kappa shape index (κ3) is 2.69. The minimum absolute atomic E-state index is 0.708. The van der Waals surface area contributed by atoms with Gasteiger partial charge >= 0.3 is 0 Å². The highest BCUT2D eigenvalue weighted by Crippen LogP contribution is 2.19. The molecular weight excluding hydrogens is 206 g/mol. The standard InChI is InChI=1S/C11H19N3S/c1-3-14-6-4-5-10(14)7-12-11-13-9(2)8-15-11/h8,10H,3-7H2,1-2H3,(H,12,13). The predicted octanol–water partition coefficient (Wildman–Crippen LogP) is 2.35. The van der Waals surface area contributed by atoms with Gasteiger partial charge < -0.3 is 5.32 Å². The van der Waals surface area contributed by atoms with Gasteiger partial charge in [-0.1, -0.05) is 6.92 Å². The molecule has 1 aliphatic rings. The average Bonchev–Trinajstić information content (AvgIpc) is 2.83. The lowest BCUT2D eigenvalue weighted by atomic mass is 10.2. The largest absolute Gasteiger partial charge is 0.360 e. The Kier molecular flexibility index (Phi) is 3.59. The van der Waals surface area contributed by atoms with Crippen molar-refractivity contribution in [2.24, 2.45) is 0 Å². The van der Waals surface area contributed by atoms with Crippen LogP contribution in [0.15, 0.2) is 5.38 Å². The lowest BCUT2D eigenvalue weighted by Gasteiger charge is -2.22. The van der Waals surface area contributed by atoms with Crippen LogP contribution in [0.4, 0.5) is 5.13 Å². The number of likely N-dealkylation sites (N-methyl/N-ethyl adjacent to an activating group) is 1. The molecule has 4 heteroatoms. The molecule has 0 aromatic carbocycles. The number of hydrogen-bond donors (Lipinski definition) is 1. The minimum Gasteiger partial charge on any atom is -0.360 e. The highest BCUT2D eigenvalue weighted by molar-refractivity contribution is 7.13. The molecule has 1 saturated heterocycles. The van der Waals surface area contributed by atoms with Crippen LogP contribution < -0.4 is 5.32 Å². The van der Waals surface area contributed by atoms with E-state index in [1.54, 1.807) is 11.3 Å². The third-order valence-corrected chi connectivity index (χ3v) is 3.93. The summed E-state index contributed by atoms with van der Waals surface area (Å²) >= 11 is 1.70. The molecule has 0 radical (unpaired) electrons. The van der Waals surface area contributed by atoms with Gasteiger partial charge in [0.15, 0.2) is 5.13 Å². The van der Waals surface area contributed by atoms with Crippen LogP contribution in [0.2, 0.25) is 0 Å². The summed E-state index contributed by atoms with van der Waals surface area (Å²) in [5, 5.41) is 6.59. The third-order valence-electron chi connectivity index (χ3n) is 3.01. The Bertz CT molecular complexity index is 311. The summed E-state index contributed by atoms with van der Waals surface area (Å²) in [6, 6.07) is 0.708. The van der Waals surface area contributed by atoms with Crippen molar-refractivity contribution in [1.29, 1.82) is 0 Å². The maximum Gasteiger partial charge on any atom is 0.182 e. The number of likely N-dealkylation sites (tertiary alicyclic amines) is 1. The molecule has 0 spiro atoms. The van der Waals surface area contributed by atoms with Gasteiger partial charge in [-0.3, -0.25) is 4.90 Å². The molecule has 0 saturated carbocycles. The zero-order chi connectivity index (χ0) is 10.7. The van der Waals surface area contributed by atoms with Gasteiger partial charge in [0.25, 0.3) is 0 Å². The summed E-state index contributed by atoms with van der Waals surface area (Å²) in [5.74, 6) is 0. The van der Waals surface area contributed by atoms with E-state index in [0.29, 0.717) is 6.04 Å². The van der Waals surface area contributed by atoms with Crippen molar-refractivity contribution in [2.45, 2.75) is 32.7 Å². The summed E-state index contributed by atoms with van der Waals surface area (Å²) < 4.78 is 0. The number of aryl methyl sites for hydroxylation is 1. The number of nitrogens with one attached hydrogen (secondary N) is 1. The number of anilines is 1. The van der Waals surface area contributed by atoms with Gasteiger partial charge in [-0.25, -0.2) is 4.98 Å². The fourth-order valence-corrected chi connectivity index (χ4v) is 2.88. The van der Waals surface area contributed by atoms with E-state index in [1.165, 1.54) is 25.9 Å². The summed E-state index contributed by atoms with van der Waals surface area (Å²) in [7, 11) is 0. The molecule has 2 rings (SSSR count). The zero-order valence-corrected chi connectivity index (χ0v) is 10.3. The van der Waals surface area contributed by atoms with E-state index in [-0.39, 0.29) is 0 Å². The molecule has 15 heavy (non-hydrogen) atoms. The molecule has 1 aromatic heterocycles. The van der Waals surface area contributed by atoms with Crippen molar-refractivity contribution in [2.75, 3.05) is 25.0 Å². The normalized spacial score (nSPS) is 22.1. The van der Waals surface area contributed by atoms with Crippen molar-refractivity contribution in [3.05, 3.63) is 11.1 Å². The second-order valence-corrected chi connectivity index (χ2v) is 4.96. The monoisotopic (exact) mass is 225 g/mol. The first-order chi connectivity index (χ1) is 7.29. The summed E-state index contributed by atoms with van der Waals surface area (Å²) in [5.41, 5.74) is 1.11. The summed E-state index contributed by atoms with van der Waals surface area (Å²) in [4.78, 5) is 6.96. The van der Waals surface area contributed by atoms with Gasteiger partial charge in [-0.15, -0.1) is 11.3 Å². The van der Waals surface area contributed by atoms with Crippen molar-refractivity contribution >= 4 is 16.5 Å². The lowest BCUT2D eigenvalue weighted by molar-refractivity contribution is 0.277. The summed E-state index contributed by atoms with van der Waals surface area (Å²) in [6.07, 6.45) is 2.67. The van der Waals surface area contributed by atoms with Crippen molar-refractivity contribution in [1.82, 2.24) is 9.88 Å². The van der Waals surface area contributed by atoms with Crippen LogP contribution in [0, 0.1) is 6.92 Å². The molecule has 1 fully saturated rings. The van der Waals surface area contributed by atoms with E-state index in [1.807, 2.05) is 6.92 Å². The molecule has 1 N–H and O–H groups in total.